The summed E-state index contributed by atoms with van der Waals surface area (Å²) in [6, 6.07) is 10.0. The number of methoxy groups -OCH3 is 1. The van der Waals surface area contributed by atoms with Gasteiger partial charge < -0.3 is 14.2 Å². The van der Waals surface area contributed by atoms with E-state index in [1.165, 1.54) is 7.11 Å². The number of fused-ring (bicyclic) bond motifs is 1. The molecule has 6 nitrogen and oxygen atoms in total. The summed E-state index contributed by atoms with van der Waals surface area (Å²) in [4.78, 5) is 26.5. The SMILES string of the molecule is COc1cc2c(cc1/C=C1/SC(=O)N(c3cccc(Cl)c3)C1=O)OCO2. The number of imide groups is 1. The van der Waals surface area contributed by atoms with Gasteiger partial charge in [-0.2, -0.15) is 0 Å². The molecule has 0 bridgehead atoms. The van der Waals surface area contributed by atoms with Gasteiger partial charge >= 0.3 is 0 Å². The van der Waals surface area contributed by atoms with Gasteiger partial charge in [-0.15, -0.1) is 0 Å². The molecule has 2 amide bonds. The highest BCUT2D eigenvalue weighted by atomic mass is 35.5. The lowest BCUT2D eigenvalue weighted by atomic mass is 10.1. The molecular weight excluding hydrogens is 378 g/mol. The number of thioether (sulfide) groups is 1. The number of benzene rings is 2. The summed E-state index contributed by atoms with van der Waals surface area (Å²) in [5, 5.41) is 0.0613. The van der Waals surface area contributed by atoms with Gasteiger partial charge in [-0.05, 0) is 42.1 Å². The van der Waals surface area contributed by atoms with E-state index in [0.29, 0.717) is 33.5 Å². The number of anilines is 1. The highest BCUT2D eigenvalue weighted by molar-refractivity contribution is 8.19. The van der Waals surface area contributed by atoms with Gasteiger partial charge in [0.2, 0.25) is 6.79 Å². The number of hydrogen-bond acceptors (Lipinski definition) is 6. The predicted molar refractivity (Wildman–Crippen MR) is 99.0 cm³/mol. The average molecular weight is 390 g/mol. The lowest BCUT2D eigenvalue weighted by molar-refractivity contribution is -0.113. The molecule has 2 heterocycles. The van der Waals surface area contributed by atoms with Crippen LogP contribution < -0.4 is 19.1 Å². The molecule has 2 aromatic carbocycles. The Bertz CT molecular complexity index is 959. The normalized spacial score (nSPS) is 17.3. The van der Waals surface area contributed by atoms with E-state index < -0.39 is 5.91 Å². The van der Waals surface area contributed by atoms with Crippen molar-refractivity contribution in [2.75, 3.05) is 18.8 Å². The highest BCUT2D eigenvalue weighted by Gasteiger charge is 2.36. The molecule has 26 heavy (non-hydrogen) atoms. The monoisotopic (exact) mass is 389 g/mol. The van der Waals surface area contributed by atoms with Crippen LogP contribution in [0.15, 0.2) is 41.3 Å². The molecule has 1 fully saturated rings. The van der Waals surface area contributed by atoms with Gasteiger partial charge in [0, 0.05) is 16.7 Å². The van der Waals surface area contributed by atoms with Crippen LogP contribution in [0.4, 0.5) is 10.5 Å². The summed E-state index contributed by atoms with van der Waals surface area (Å²) in [5.74, 6) is 1.24. The van der Waals surface area contributed by atoms with E-state index in [4.69, 9.17) is 25.8 Å². The zero-order valence-corrected chi connectivity index (χ0v) is 15.1. The minimum Gasteiger partial charge on any atom is -0.496 e. The number of ether oxygens (including phenoxy) is 3. The fraction of sp³-hybridized carbons (Fsp3) is 0.111. The summed E-state index contributed by atoms with van der Waals surface area (Å²) in [5.41, 5.74) is 1.05. The molecule has 8 heteroatoms. The van der Waals surface area contributed by atoms with Crippen molar-refractivity contribution in [2.24, 2.45) is 0 Å². The van der Waals surface area contributed by atoms with Crippen LogP contribution in [0.1, 0.15) is 5.56 Å². The van der Waals surface area contributed by atoms with E-state index in [9.17, 15) is 9.59 Å². The van der Waals surface area contributed by atoms with Gasteiger partial charge in [0.25, 0.3) is 11.1 Å². The summed E-state index contributed by atoms with van der Waals surface area (Å²) in [7, 11) is 1.52. The third-order valence-corrected chi connectivity index (χ3v) is 4.98. The van der Waals surface area contributed by atoms with Crippen LogP contribution in [0.5, 0.6) is 17.2 Å². The number of hydrogen-bond donors (Lipinski definition) is 0. The first-order chi connectivity index (χ1) is 12.6. The second-order valence-corrected chi connectivity index (χ2v) is 6.87. The van der Waals surface area contributed by atoms with E-state index >= 15 is 0 Å². The summed E-state index contributed by atoms with van der Waals surface area (Å²) in [6.07, 6.45) is 1.61. The Balaban J connectivity index is 1.71. The first-order valence-corrected chi connectivity index (χ1v) is 8.77. The second-order valence-electron chi connectivity index (χ2n) is 5.44. The maximum Gasteiger partial charge on any atom is 0.298 e. The van der Waals surface area contributed by atoms with Crippen molar-refractivity contribution in [3.05, 3.63) is 51.9 Å². The fourth-order valence-electron chi connectivity index (χ4n) is 2.68. The number of carbonyl (C=O) groups excluding carboxylic acids is 2. The van der Waals surface area contributed by atoms with E-state index in [1.807, 2.05) is 0 Å². The zero-order valence-electron chi connectivity index (χ0n) is 13.5. The van der Waals surface area contributed by atoms with Gasteiger partial charge in [0.05, 0.1) is 17.7 Å². The first-order valence-electron chi connectivity index (χ1n) is 7.58. The van der Waals surface area contributed by atoms with Crippen LogP contribution in [-0.4, -0.2) is 25.0 Å². The van der Waals surface area contributed by atoms with Gasteiger partial charge in [0.1, 0.15) is 5.75 Å². The quantitative estimate of drug-likeness (QED) is 0.728. The second kappa shape index (κ2) is 6.59. The Morgan fingerprint density at radius 1 is 1.19 bits per heavy atom. The molecule has 0 spiro atoms. The Kier molecular flexibility index (Phi) is 4.26. The van der Waals surface area contributed by atoms with Gasteiger partial charge in [-0.3, -0.25) is 9.59 Å². The Hall–Kier alpha value is -2.64. The third kappa shape index (κ3) is 2.89. The number of rotatable bonds is 3. The third-order valence-electron chi connectivity index (χ3n) is 3.87. The molecule has 0 unspecified atom stereocenters. The molecular formula is C18H12ClNO5S. The predicted octanol–water partition coefficient (Wildman–Crippen LogP) is 4.32. The van der Waals surface area contributed by atoms with Crippen molar-refractivity contribution in [1.82, 2.24) is 0 Å². The van der Waals surface area contributed by atoms with E-state index in [0.717, 1.165) is 16.7 Å². The standard InChI is InChI=1S/C18H12ClNO5S/c1-23-13-8-15-14(24-9-25-15)5-10(13)6-16-17(21)20(18(22)26-16)12-4-2-3-11(19)7-12/h2-8H,9H2,1H3/b16-6+. The van der Waals surface area contributed by atoms with Crippen molar-refractivity contribution in [3.63, 3.8) is 0 Å². The molecule has 0 aliphatic carbocycles. The summed E-state index contributed by atoms with van der Waals surface area (Å²) < 4.78 is 16.0. The maximum atomic E-state index is 12.7. The van der Waals surface area contributed by atoms with Crippen molar-refractivity contribution in [1.29, 1.82) is 0 Å². The molecule has 0 atom stereocenters. The van der Waals surface area contributed by atoms with Crippen LogP contribution in [-0.2, 0) is 4.79 Å². The van der Waals surface area contributed by atoms with E-state index in [1.54, 1.807) is 42.5 Å². The highest BCUT2D eigenvalue weighted by Crippen LogP contribution is 2.41. The van der Waals surface area contributed by atoms with E-state index in [-0.39, 0.29) is 16.9 Å². The molecule has 0 N–H and O–H groups in total. The topological polar surface area (TPSA) is 65.1 Å². The molecule has 4 rings (SSSR count). The van der Waals surface area contributed by atoms with Crippen LogP contribution >= 0.6 is 23.4 Å². The largest absolute Gasteiger partial charge is 0.496 e. The Morgan fingerprint density at radius 2 is 1.96 bits per heavy atom. The number of halogens is 1. The number of nitrogens with zero attached hydrogens (tertiary/aromatic N) is 1. The Morgan fingerprint density at radius 3 is 2.69 bits per heavy atom. The number of amides is 2. The van der Waals surface area contributed by atoms with Crippen LogP contribution in [0.2, 0.25) is 5.02 Å². The number of carbonyl (C=O) groups is 2. The molecule has 0 radical (unpaired) electrons. The molecule has 1 saturated heterocycles. The van der Waals surface area contributed by atoms with Crippen molar-refractivity contribution >= 4 is 46.3 Å². The van der Waals surface area contributed by atoms with Gasteiger partial charge in [0.15, 0.2) is 11.5 Å². The molecule has 2 aliphatic rings. The lowest BCUT2D eigenvalue weighted by Crippen LogP contribution is -2.27. The molecule has 2 aromatic rings. The minimum absolute atomic E-state index is 0.132. The van der Waals surface area contributed by atoms with Crippen LogP contribution in [0, 0.1) is 0 Å². The molecule has 0 saturated carbocycles. The average Bonchev–Trinajstić information content (AvgIpc) is 3.18. The minimum atomic E-state index is -0.415. The summed E-state index contributed by atoms with van der Waals surface area (Å²) >= 11 is 6.82. The van der Waals surface area contributed by atoms with Crippen molar-refractivity contribution < 1.29 is 23.8 Å². The van der Waals surface area contributed by atoms with E-state index in [2.05, 4.69) is 0 Å². The fourth-order valence-corrected chi connectivity index (χ4v) is 3.69. The van der Waals surface area contributed by atoms with Gasteiger partial charge in [-0.1, -0.05) is 17.7 Å². The van der Waals surface area contributed by atoms with Crippen molar-refractivity contribution in [3.8, 4) is 17.2 Å². The molecule has 2 aliphatic heterocycles. The zero-order chi connectivity index (χ0) is 18.3. The summed E-state index contributed by atoms with van der Waals surface area (Å²) in [6.45, 7) is 0.132. The maximum absolute atomic E-state index is 12.7. The molecule has 132 valence electrons. The van der Waals surface area contributed by atoms with Crippen LogP contribution in [0.25, 0.3) is 6.08 Å². The van der Waals surface area contributed by atoms with Gasteiger partial charge in [-0.25, -0.2) is 4.90 Å². The molecule has 0 aromatic heterocycles. The first kappa shape index (κ1) is 16.8. The lowest BCUT2D eigenvalue weighted by Gasteiger charge is -2.12. The van der Waals surface area contributed by atoms with Crippen molar-refractivity contribution in [2.45, 2.75) is 0 Å². The van der Waals surface area contributed by atoms with Crippen LogP contribution in [0.3, 0.4) is 0 Å². The smallest absolute Gasteiger partial charge is 0.298 e. The Labute approximate surface area is 158 Å².